The highest BCUT2D eigenvalue weighted by Gasteiger charge is 2.25. The number of rotatable bonds is 5. The molecule has 0 aromatic heterocycles. The molecule has 2 rings (SSSR count). The lowest BCUT2D eigenvalue weighted by Crippen LogP contribution is -2.15. The van der Waals surface area contributed by atoms with Crippen LogP contribution in [0.2, 0.25) is 0 Å². The van der Waals surface area contributed by atoms with Crippen molar-refractivity contribution in [3.63, 3.8) is 0 Å². The summed E-state index contributed by atoms with van der Waals surface area (Å²) in [6.45, 7) is 0. The van der Waals surface area contributed by atoms with Crippen LogP contribution in [0.5, 0.6) is 11.5 Å². The van der Waals surface area contributed by atoms with Gasteiger partial charge in [0.1, 0.15) is 11.5 Å². The molecule has 0 bridgehead atoms. The number of aliphatic hydroxyl groups excluding tert-OH is 1. The first-order valence-corrected chi connectivity index (χ1v) is 8.23. The zero-order valence-electron chi connectivity index (χ0n) is 11.6. The van der Waals surface area contributed by atoms with Crippen molar-refractivity contribution in [3.8, 4) is 11.5 Å². The van der Waals surface area contributed by atoms with Gasteiger partial charge in [0.15, 0.2) is 0 Å². The SMILES string of the molecule is O=P(O)(O)c1cc(O)ccc1C(O)CCc1cccc(O)c1. The van der Waals surface area contributed by atoms with Crippen molar-refractivity contribution in [2.24, 2.45) is 0 Å². The van der Waals surface area contributed by atoms with Crippen LogP contribution in [0.4, 0.5) is 0 Å². The Morgan fingerprint density at radius 3 is 2.32 bits per heavy atom. The van der Waals surface area contributed by atoms with Crippen LogP contribution in [0.15, 0.2) is 42.5 Å². The van der Waals surface area contributed by atoms with E-state index in [1.54, 1.807) is 18.2 Å². The molecule has 22 heavy (non-hydrogen) atoms. The molecule has 0 amide bonds. The fourth-order valence-electron chi connectivity index (χ4n) is 2.24. The van der Waals surface area contributed by atoms with Gasteiger partial charge in [0.25, 0.3) is 0 Å². The number of aryl methyl sites for hydroxylation is 1. The molecule has 0 radical (unpaired) electrons. The van der Waals surface area contributed by atoms with E-state index in [2.05, 4.69) is 0 Å². The molecule has 0 aliphatic carbocycles. The predicted molar refractivity (Wildman–Crippen MR) is 81.2 cm³/mol. The number of aliphatic hydroxyl groups is 1. The Morgan fingerprint density at radius 1 is 1.00 bits per heavy atom. The topological polar surface area (TPSA) is 118 Å². The number of benzene rings is 2. The van der Waals surface area contributed by atoms with Gasteiger partial charge in [-0.25, -0.2) is 0 Å². The molecule has 7 heteroatoms. The molecule has 0 spiro atoms. The monoisotopic (exact) mass is 324 g/mol. The zero-order chi connectivity index (χ0) is 16.3. The predicted octanol–water partition coefficient (Wildman–Crippen LogP) is 1.57. The van der Waals surface area contributed by atoms with Crippen LogP contribution in [0.25, 0.3) is 0 Å². The lowest BCUT2D eigenvalue weighted by molar-refractivity contribution is 0.168. The lowest BCUT2D eigenvalue weighted by atomic mass is 10.0. The van der Waals surface area contributed by atoms with Crippen molar-refractivity contribution in [2.45, 2.75) is 18.9 Å². The molecule has 0 saturated carbocycles. The molecule has 0 fully saturated rings. The summed E-state index contributed by atoms with van der Waals surface area (Å²) < 4.78 is 11.5. The van der Waals surface area contributed by atoms with E-state index >= 15 is 0 Å². The van der Waals surface area contributed by atoms with Gasteiger partial charge < -0.3 is 25.1 Å². The van der Waals surface area contributed by atoms with E-state index in [0.717, 1.165) is 11.6 Å². The third-order valence-electron chi connectivity index (χ3n) is 3.30. The maximum atomic E-state index is 11.5. The van der Waals surface area contributed by atoms with Crippen LogP contribution in [-0.2, 0) is 11.0 Å². The molecule has 2 aromatic rings. The summed E-state index contributed by atoms with van der Waals surface area (Å²) in [5, 5.41) is 28.6. The van der Waals surface area contributed by atoms with E-state index in [0.29, 0.717) is 6.42 Å². The van der Waals surface area contributed by atoms with Gasteiger partial charge in [0, 0.05) is 0 Å². The summed E-state index contributed by atoms with van der Waals surface area (Å²) in [6, 6.07) is 10.1. The number of aromatic hydroxyl groups is 2. The molecular weight excluding hydrogens is 307 g/mol. The number of phenols is 2. The Hall–Kier alpha value is -1.85. The maximum Gasteiger partial charge on any atom is 0.356 e. The summed E-state index contributed by atoms with van der Waals surface area (Å²) in [6.07, 6.45) is -0.441. The average Bonchev–Trinajstić information content (AvgIpc) is 2.44. The second kappa shape index (κ2) is 6.50. The molecule has 6 nitrogen and oxygen atoms in total. The second-order valence-corrected chi connectivity index (χ2v) is 6.58. The molecule has 1 unspecified atom stereocenters. The van der Waals surface area contributed by atoms with Crippen molar-refractivity contribution in [2.75, 3.05) is 0 Å². The minimum atomic E-state index is -4.60. The Balaban J connectivity index is 2.19. The molecule has 118 valence electrons. The van der Waals surface area contributed by atoms with Crippen LogP contribution in [0.1, 0.15) is 23.7 Å². The van der Waals surface area contributed by atoms with E-state index in [9.17, 15) is 29.7 Å². The molecular formula is C15H17O6P. The molecule has 2 aromatic carbocycles. The zero-order valence-corrected chi connectivity index (χ0v) is 12.5. The molecule has 0 aliphatic rings. The van der Waals surface area contributed by atoms with E-state index in [1.165, 1.54) is 18.2 Å². The van der Waals surface area contributed by atoms with Crippen LogP contribution in [0, 0.1) is 0 Å². The van der Waals surface area contributed by atoms with E-state index < -0.39 is 13.7 Å². The van der Waals surface area contributed by atoms with Gasteiger partial charge in [-0.15, -0.1) is 0 Å². The second-order valence-electron chi connectivity index (χ2n) is 5.01. The standard InChI is InChI=1S/C15H17O6P/c16-11-3-1-2-10(8-11)4-7-14(18)13-6-5-12(17)9-15(13)22(19,20)21/h1-3,5-6,8-9,14,16-18H,4,7H2,(H2,19,20,21). The van der Waals surface area contributed by atoms with E-state index in [4.69, 9.17) is 0 Å². The third kappa shape index (κ3) is 4.08. The van der Waals surface area contributed by atoms with Gasteiger partial charge >= 0.3 is 7.60 Å². The van der Waals surface area contributed by atoms with Crippen LogP contribution < -0.4 is 5.30 Å². The minimum absolute atomic E-state index is 0.0892. The van der Waals surface area contributed by atoms with Crippen LogP contribution in [-0.4, -0.2) is 25.1 Å². The smallest absolute Gasteiger partial charge is 0.356 e. The Bertz CT molecular complexity index is 709. The molecule has 0 aliphatic heterocycles. The Morgan fingerprint density at radius 2 is 1.68 bits per heavy atom. The van der Waals surface area contributed by atoms with Gasteiger partial charge in [0.2, 0.25) is 0 Å². The highest BCUT2D eigenvalue weighted by atomic mass is 31.2. The van der Waals surface area contributed by atoms with E-state index in [1.807, 2.05) is 0 Å². The Kier molecular flexibility index (Phi) is 4.88. The summed E-state index contributed by atoms with van der Waals surface area (Å²) >= 11 is 0. The molecule has 5 N–H and O–H groups in total. The number of hydrogen-bond acceptors (Lipinski definition) is 4. The lowest BCUT2D eigenvalue weighted by Gasteiger charge is -2.16. The first kappa shape index (κ1) is 16.5. The highest BCUT2D eigenvalue weighted by molar-refractivity contribution is 7.60. The van der Waals surface area contributed by atoms with Crippen molar-refractivity contribution in [1.82, 2.24) is 0 Å². The summed E-state index contributed by atoms with van der Waals surface area (Å²) in [5.41, 5.74) is 0.891. The number of hydrogen-bond donors (Lipinski definition) is 5. The van der Waals surface area contributed by atoms with Gasteiger partial charge in [-0.1, -0.05) is 18.2 Å². The van der Waals surface area contributed by atoms with Gasteiger partial charge in [-0.05, 0) is 48.2 Å². The minimum Gasteiger partial charge on any atom is -0.508 e. The van der Waals surface area contributed by atoms with Gasteiger partial charge in [-0.3, -0.25) is 4.57 Å². The average molecular weight is 324 g/mol. The van der Waals surface area contributed by atoms with Crippen molar-refractivity contribution in [1.29, 1.82) is 0 Å². The van der Waals surface area contributed by atoms with Crippen LogP contribution in [0.3, 0.4) is 0 Å². The van der Waals surface area contributed by atoms with Crippen LogP contribution >= 0.6 is 7.60 Å². The molecule has 0 heterocycles. The fourth-order valence-corrected chi connectivity index (χ4v) is 3.10. The van der Waals surface area contributed by atoms with Gasteiger partial charge in [0.05, 0.1) is 11.4 Å². The molecule has 1 atom stereocenters. The fraction of sp³-hybridized carbons (Fsp3) is 0.200. The summed E-state index contributed by atoms with van der Waals surface area (Å²) in [5.74, 6) is -0.158. The summed E-state index contributed by atoms with van der Waals surface area (Å²) in [7, 11) is -4.60. The first-order valence-electron chi connectivity index (χ1n) is 6.62. The van der Waals surface area contributed by atoms with Crippen molar-refractivity contribution < 1.29 is 29.7 Å². The largest absolute Gasteiger partial charge is 0.508 e. The third-order valence-corrected chi connectivity index (χ3v) is 4.32. The quantitative estimate of drug-likeness (QED) is 0.533. The highest BCUT2D eigenvalue weighted by Crippen LogP contribution is 2.38. The molecule has 0 saturated heterocycles. The Labute approximate surface area is 127 Å². The maximum absolute atomic E-state index is 11.5. The van der Waals surface area contributed by atoms with Crippen molar-refractivity contribution >= 4 is 12.9 Å². The van der Waals surface area contributed by atoms with E-state index in [-0.39, 0.29) is 28.8 Å². The summed E-state index contributed by atoms with van der Waals surface area (Å²) in [4.78, 5) is 18.6. The normalized spacial score (nSPS) is 13.0. The van der Waals surface area contributed by atoms with Crippen molar-refractivity contribution in [3.05, 3.63) is 53.6 Å². The first-order chi connectivity index (χ1) is 10.3. The number of phenolic OH excluding ortho intramolecular Hbond substituents is 2. The van der Waals surface area contributed by atoms with Gasteiger partial charge in [-0.2, -0.15) is 0 Å².